The van der Waals surface area contributed by atoms with Gasteiger partial charge in [-0.05, 0) is 31.9 Å². The van der Waals surface area contributed by atoms with Gasteiger partial charge >= 0.3 is 0 Å². The fourth-order valence-electron chi connectivity index (χ4n) is 3.02. The van der Waals surface area contributed by atoms with Gasteiger partial charge in [-0.2, -0.15) is 5.10 Å². The fraction of sp³-hybridized carbons (Fsp3) is 0.333. The van der Waals surface area contributed by atoms with Crippen LogP contribution in [0.25, 0.3) is 0 Å². The summed E-state index contributed by atoms with van der Waals surface area (Å²) < 4.78 is 28.9. The molecule has 2 aromatic rings. The van der Waals surface area contributed by atoms with Crippen molar-refractivity contribution in [1.29, 1.82) is 0 Å². The van der Waals surface area contributed by atoms with Crippen molar-refractivity contribution < 1.29 is 13.2 Å². The van der Waals surface area contributed by atoms with E-state index in [4.69, 9.17) is 5.73 Å². The van der Waals surface area contributed by atoms with Crippen molar-refractivity contribution in [2.75, 3.05) is 10.8 Å². The lowest BCUT2D eigenvalue weighted by molar-refractivity contribution is -0.118. The molecular formula is C15H18N4O3S. The molecule has 7 nitrogen and oxygen atoms in total. The molecule has 1 aromatic carbocycles. The van der Waals surface area contributed by atoms with Crippen LogP contribution in [0.3, 0.4) is 0 Å². The topological polar surface area (TPSA) is 98.3 Å². The number of amides is 1. The van der Waals surface area contributed by atoms with E-state index in [1.54, 1.807) is 19.9 Å². The largest absolute Gasteiger partial charge is 0.368 e. The van der Waals surface area contributed by atoms with Crippen LogP contribution in [0.4, 0.5) is 5.69 Å². The van der Waals surface area contributed by atoms with Crippen molar-refractivity contribution in [2.24, 2.45) is 5.73 Å². The maximum absolute atomic E-state index is 13.1. The van der Waals surface area contributed by atoms with Crippen LogP contribution in [-0.4, -0.2) is 30.7 Å². The summed E-state index contributed by atoms with van der Waals surface area (Å²) in [6.07, 6.45) is 0.683. The molecule has 0 aliphatic carbocycles. The van der Waals surface area contributed by atoms with Gasteiger partial charge in [0.15, 0.2) is 0 Å². The van der Waals surface area contributed by atoms with E-state index in [2.05, 4.69) is 5.10 Å². The highest BCUT2D eigenvalue weighted by molar-refractivity contribution is 7.93. The number of aromatic nitrogens is 2. The zero-order chi connectivity index (χ0) is 16.8. The smallest absolute Gasteiger partial charge is 0.268 e. The Balaban J connectivity index is 2.08. The highest BCUT2D eigenvalue weighted by Gasteiger charge is 2.34. The van der Waals surface area contributed by atoms with Crippen LogP contribution >= 0.6 is 0 Å². The van der Waals surface area contributed by atoms with Crippen LogP contribution in [0.1, 0.15) is 17.0 Å². The molecule has 0 unspecified atom stereocenters. The second-order valence-corrected chi connectivity index (χ2v) is 7.38. The van der Waals surface area contributed by atoms with Crippen molar-refractivity contribution in [3.05, 3.63) is 41.2 Å². The van der Waals surface area contributed by atoms with Gasteiger partial charge in [0.1, 0.15) is 11.4 Å². The number of nitrogens with two attached hydrogens (primary N) is 1. The number of anilines is 1. The number of hydrogen-bond donors (Lipinski definition) is 1. The summed E-state index contributed by atoms with van der Waals surface area (Å²) in [6.45, 7) is 3.53. The molecule has 0 fully saturated rings. The molecule has 2 heterocycles. The number of sulfonamides is 1. The number of fused-ring (bicyclic) bond motifs is 1. The molecule has 122 valence electrons. The Labute approximate surface area is 134 Å². The minimum Gasteiger partial charge on any atom is -0.368 e. The zero-order valence-electron chi connectivity index (χ0n) is 13.0. The lowest BCUT2D eigenvalue weighted by Gasteiger charge is -2.19. The van der Waals surface area contributed by atoms with Crippen LogP contribution in [0, 0.1) is 13.8 Å². The number of aryl methyl sites for hydroxylation is 1. The van der Waals surface area contributed by atoms with Gasteiger partial charge < -0.3 is 5.73 Å². The Hall–Kier alpha value is -2.35. The number of carbonyl (C=O) groups is 1. The first kappa shape index (κ1) is 15.5. The van der Waals surface area contributed by atoms with E-state index in [0.717, 1.165) is 5.56 Å². The number of nitrogens with zero attached hydrogens (tertiary/aromatic N) is 3. The van der Waals surface area contributed by atoms with Crippen LogP contribution in [0.15, 0.2) is 29.2 Å². The van der Waals surface area contributed by atoms with E-state index in [1.807, 2.05) is 18.2 Å². The average Bonchev–Trinajstić information content (AvgIpc) is 3.01. The molecule has 0 saturated heterocycles. The van der Waals surface area contributed by atoms with Crippen molar-refractivity contribution in [3.8, 4) is 0 Å². The maximum Gasteiger partial charge on any atom is 0.268 e. The summed E-state index contributed by atoms with van der Waals surface area (Å²) in [5, 5.41) is 4.15. The van der Waals surface area contributed by atoms with Crippen LogP contribution in [-0.2, 0) is 27.8 Å². The first-order valence-corrected chi connectivity index (χ1v) is 8.69. The second-order valence-electron chi connectivity index (χ2n) is 5.58. The SMILES string of the molecule is Cc1nn(CC(N)=O)c(C)c1S(=O)(=O)N1CCc2ccccc21. The molecular weight excluding hydrogens is 316 g/mol. The summed E-state index contributed by atoms with van der Waals surface area (Å²) in [5.41, 5.74) is 7.69. The molecule has 0 saturated carbocycles. The van der Waals surface area contributed by atoms with Gasteiger partial charge in [0.05, 0.1) is 17.1 Å². The monoisotopic (exact) mass is 334 g/mol. The number of hydrogen-bond acceptors (Lipinski definition) is 4. The van der Waals surface area contributed by atoms with Gasteiger partial charge in [0.2, 0.25) is 5.91 Å². The number of rotatable bonds is 4. The highest BCUT2D eigenvalue weighted by Crippen LogP contribution is 2.34. The first-order chi connectivity index (χ1) is 10.8. The van der Waals surface area contributed by atoms with Gasteiger partial charge in [-0.1, -0.05) is 18.2 Å². The highest BCUT2D eigenvalue weighted by atomic mass is 32.2. The third-order valence-electron chi connectivity index (χ3n) is 4.01. The minimum atomic E-state index is -3.73. The standard InChI is InChI=1S/C15H18N4O3S/c1-10-15(11(2)18(17-10)9-14(16)20)23(21,22)19-8-7-12-5-3-4-6-13(12)19/h3-6H,7-9H2,1-2H3,(H2,16,20). The van der Waals surface area contributed by atoms with E-state index < -0.39 is 15.9 Å². The molecule has 0 spiro atoms. The third-order valence-corrected chi connectivity index (χ3v) is 6.08. The molecule has 2 N–H and O–H groups in total. The van der Waals surface area contributed by atoms with Crippen molar-refractivity contribution in [3.63, 3.8) is 0 Å². The molecule has 1 aliphatic rings. The molecule has 1 aromatic heterocycles. The molecule has 3 rings (SSSR count). The molecule has 1 amide bonds. The predicted molar refractivity (Wildman–Crippen MR) is 85.6 cm³/mol. The summed E-state index contributed by atoms with van der Waals surface area (Å²) in [7, 11) is -3.73. The van der Waals surface area contributed by atoms with Gasteiger partial charge in [-0.25, -0.2) is 8.42 Å². The van der Waals surface area contributed by atoms with E-state index >= 15 is 0 Å². The summed E-state index contributed by atoms with van der Waals surface area (Å²) in [6, 6.07) is 7.46. The van der Waals surface area contributed by atoms with Crippen molar-refractivity contribution in [2.45, 2.75) is 31.7 Å². The minimum absolute atomic E-state index is 0.140. The molecule has 8 heteroatoms. The predicted octanol–water partition coefficient (Wildman–Crippen LogP) is 0.737. The van der Waals surface area contributed by atoms with Crippen molar-refractivity contribution in [1.82, 2.24) is 9.78 Å². The summed E-state index contributed by atoms with van der Waals surface area (Å²) in [4.78, 5) is 11.3. The molecule has 1 aliphatic heterocycles. The Bertz CT molecular complexity index is 886. The van der Waals surface area contributed by atoms with Gasteiger partial charge in [0.25, 0.3) is 10.0 Å². The van der Waals surface area contributed by atoms with Crippen LogP contribution < -0.4 is 10.0 Å². The van der Waals surface area contributed by atoms with Crippen LogP contribution in [0.5, 0.6) is 0 Å². The Kier molecular flexibility index (Phi) is 3.63. The van der Waals surface area contributed by atoms with Crippen molar-refractivity contribution >= 4 is 21.6 Å². The average molecular weight is 334 g/mol. The Morgan fingerprint density at radius 3 is 2.70 bits per heavy atom. The normalized spacial score (nSPS) is 14.1. The number of para-hydroxylation sites is 1. The van der Waals surface area contributed by atoms with Gasteiger partial charge in [0, 0.05) is 6.54 Å². The van der Waals surface area contributed by atoms with E-state index in [9.17, 15) is 13.2 Å². The number of benzene rings is 1. The van der Waals surface area contributed by atoms with E-state index in [1.165, 1.54) is 8.99 Å². The Morgan fingerprint density at radius 1 is 1.30 bits per heavy atom. The lowest BCUT2D eigenvalue weighted by atomic mass is 10.2. The maximum atomic E-state index is 13.1. The third kappa shape index (κ3) is 2.48. The molecule has 0 bridgehead atoms. The fourth-order valence-corrected chi connectivity index (χ4v) is 4.91. The zero-order valence-corrected chi connectivity index (χ0v) is 13.8. The number of primary amides is 1. The van der Waals surface area contributed by atoms with E-state index in [0.29, 0.717) is 30.0 Å². The first-order valence-electron chi connectivity index (χ1n) is 7.25. The molecule has 23 heavy (non-hydrogen) atoms. The van der Waals surface area contributed by atoms with Crippen LogP contribution in [0.2, 0.25) is 0 Å². The van der Waals surface area contributed by atoms with Gasteiger partial charge in [-0.3, -0.25) is 13.8 Å². The molecule has 0 radical (unpaired) electrons. The lowest BCUT2D eigenvalue weighted by Crippen LogP contribution is -2.30. The number of carbonyl (C=O) groups excluding carboxylic acids is 1. The summed E-state index contributed by atoms with van der Waals surface area (Å²) in [5.74, 6) is -0.564. The van der Waals surface area contributed by atoms with E-state index in [-0.39, 0.29) is 11.4 Å². The molecule has 0 atom stereocenters. The quantitative estimate of drug-likeness (QED) is 0.891. The second kappa shape index (κ2) is 5.38. The Morgan fingerprint density at radius 2 is 2.00 bits per heavy atom. The summed E-state index contributed by atoms with van der Waals surface area (Å²) >= 11 is 0. The van der Waals surface area contributed by atoms with Gasteiger partial charge in [-0.15, -0.1) is 0 Å².